The number of likely N-dealkylation sites (tertiary alicyclic amines) is 1. The number of methoxy groups -OCH3 is 1. The third-order valence-electron chi connectivity index (χ3n) is 7.13. The van der Waals surface area contributed by atoms with Crippen LogP contribution in [0.3, 0.4) is 0 Å². The monoisotopic (exact) mass is 573 g/mol. The summed E-state index contributed by atoms with van der Waals surface area (Å²) in [5.41, 5.74) is 2.28. The molecule has 10 nitrogen and oxygen atoms in total. The molecule has 42 heavy (non-hydrogen) atoms. The van der Waals surface area contributed by atoms with Crippen molar-refractivity contribution < 1.29 is 33.3 Å². The summed E-state index contributed by atoms with van der Waals surface area (Å²) >= 11 is 0. The number of carbonyl (C=O) groups is 2. The van der Waals surface area contributed by atoms with E-state index in [9.17, 15) is 14.7 Å². The van der Waals surface area contributed by atoms with E-state index >= 15 is 0 Å². The first-order valence-corrected chi connectivity index (χ1v) is 14.0. The van der Waals surface area contributed by atoms with Gasteiger partial charge in [-0.3, -0.25) is 4.79 Å². The number of carbonyl (C=O) groups excluding carboxylic acids is 1. The van der Waals surface area contributed by atoms with E-state index in [1.165, 1.54) is 6.33 Å². The van der Waals surface area contributed by atoms with Crippen molar-refractivity contribution in [2.75, 3.05) is 13.7 Å². The lowest BCUT2D eigenvalue weighted by Gasteiger charge is -2.39. The number of carboxylic acid groups (broad SMARTS) is 1. The highest BCUT2D eigenvalue weighted by atomic mass is 16.6. The van der Waals surface area contributed by atoms with Gasteiger partial charge in [0, 0.05) is 43.0 Å². The highest BCUT2D eigenvalue weighted by Crippen LogP contribution is 2.44. The van der Waals surface area contributed by atoms with Gasteiger partial charge in [-0.1, -0.05) is 42.5 Å². The first-order chi connectivity index (χ1) is 20.1. The zero-order valence-corrected chi connectivity index (χ0v) is 24.2. The molecule has 10 heteroatoms. The van der Waals surface area contributed by atoms with Gasteiger partial charge in [-0.05, 0) is 44.9 Å². The molecule has 1 N–H and O–H groups in total. The maximum absolute atomic E-state index is 13.0. The Morgan fingerprint density at radius 2 is 1.79 bits per heavy atom. The molecule has 2 atom stereocenters. The van der Waals surface area contributed by atoms with Crippen molar-refractivity contribution in [3.05, 3.63) is 60.9 Å². The highest BCUT2D eigenvalue weighted by molar-refractivity contribution is 6.03. The lowest BCUT2D eigenvalue weighted by Crippen LogP contribution is -2.50. The summed E-state index contributed by atoms with van der Waals surface area (Å²) in [6, 6.07) is 17.1. The second-order valence-electron chi connectivity index (χ2n) is 11.3. The van der Waals surface area contributed by atoms with E-state index in [-0.39, 0.29) is 25.0 Å². The maximum atomic E-state index is 13.0. The molecular weight excluding hydrogens is 538 g/mol. The fourth-order valence-corrected chi connectivity index (χ4v) is 5.23. The fourth-order valence-electron chi connectivity index (χ4n) is 5.23. The molecule has 1 amide bonds. The summed E-state index contributed by atoms with van der Waals surface area (Å²) < 4.78 is 23.8. The van der Waals surface area contributed by atoms with E-state index in [1.54, 1.807) is 12.0 Å². The molecule has 0 spiro atoms. The van der Waals surface area contributed by atoms with Crippen molar-refractivity contribution in [3.8, 4) is 34.1 Å². The summed E-state index contributed by atoms with van der Waals surface area (Å²) in [7, 11) is 1.62. The number of nitrogens with zero attached hydrogens (tertiary/aromatic N) is 3. The molecule has 0 saturated carbocycles. The molecule has 0 radical (unpaired) electrons. The number of amides is 1. The number of furan rings is 1. The lowest BCUT2D eigenvalue weighted by molar-refractivity contribution is -0.137. The van der Waals surface area contributed by atoms with Gasteiger partial charge in [0.25, 0.3) is 0 Å². The fraction of sp³-hybridized carbons (Fsp3) is 0.375. The van der Waals surface area contributed by atoms with E-state index < -0.39 is 17.7 Å². The van der Waals surface area contributed by atoms with Crippen LogP contribution in [-0.4, -0.2) is 63.4 Å². The van der Waals surface area contributed by atoms with Crippen LogP contribution in [0.1, 0.15) is 46.5 Å². The van der Waals surface area contributed by atoms with Gasteiger partial charge in [0.2, 0.25) is 11.6 Å². The van der Waals surface area contributed by atoms with Gasteiger partial charge in [-0.2, -0.15) is 0 Å². The zero-order valence-electron chi connectivity index (χ0n) is 24.2. The molecule has 1 aliphatic heterocycles. The number of benzene rings is 2. The molecule has 1 saturated heterocycles. The predicted octanol–water partition coefficient (Wildman–Crippen LogP) is 6.58. The third kappa shape index (κ3) is 6.48. The number of hydrogen-bond donors (Lipinski definition) is 1. The molecule has 2 aromatic carbocycles. The van der Waals surface area contributed by atoms with E-state index in [0.29, 0.717) is 42.1 Å². The minimum atomic E-state index is -0.921. The van der Waals surface area contributed by atoms with Crippen molar-refractivity contribution in [2.24, 2.45) is 0 Å². The number of carboxylic acids is 1. The van der Waals surface area contributed by atoms with Crippen molar-refractivity contribution in [1.29, 1.82) is 0 Å². The van der Waals surface area contributed by atoms with E-state index in [4.69, 9.17) is 18.6 Å². The van der Waals surface area contributed by atoms with Crippen LogP contribution >= 0.6 is 0 Å². The van der Waals surface area contributed by atoms with Crippen molar-refractivity contribution >= 4 is 23.2 Å². The summed E-state index contributed by atoms with van der Waals surface area (Å²) in [5.74, 6) is 0.810. The summed E-state index contributed by atoms with van der Waals surface area (Å²) in [6.07, 6.45) is 1.80. The average molecular weight is 574 g/mol. The molecule has 4 aromatic rings. The van der Waals surface area contributed by atoms with Gasteiger partial charge in [-0.25, -0.2) is 14.8 Å². The lowest BCUT2D eigenvalue weighted by atomic mass is 9.95. The van der Waals surface area contributed by atoms with Crippen LogP contribution in [0.2, 0.25) is 0 Å². The number of rotatable bonds is 8. The van der Waals surface area contributed by atoms with Crippen LogP contribution in [0, 0.1) is 0 Å². The molecule has 220 valence electrons. The molecule has 0 bridgehead atoms. The Balaban J connectivity index is 1.50. The average Bonchev–Trinajstić information content (AvgIpc) is 3.36. The number of hydrogen-bond acceptors (Lipinski definition) is 8. The largest absolute Gasteiger partial charge is 0.497 e. The smallest absolute Gasteiger partial charge is 0.410 e. The Kier molecular flexibility index (Phi) is 8.33. The Morgan fingerprint density at radius 1 is 1.05 bits per heavy atom. The van der Waals surface area contributed by atoms with Gasteiger partial charge >= 0.3 is 12.1 Å². The molecule has 1 aliphatic rings. The number of ether oxygens (including phenoxy) is 3. The molecule has 0 unspecified atom stereocenters. The quantitative estimate of drug-likeness (QED) is 0.249. The predicted molar refractivity (Wildman–Crippen MR) is 156 cm³/mol. The first-order valence-electron chi connectivity index (χ1n) is 14.0. The number of aromatic nitrogens is 2. The molecule has 3 heterocycles. The molecule has 0 aliphatic carbocycles. The van der Waals surface area contributed by atoms with E-state index in [2.05, 4.69) is 9.97 Å². The summed E-state index contributed by atoms with van der Waals surface area (Å²) in [6.45, 7) is 5.79. The number of fused-ring (bicyclic) bond motifs is 1. The zero-order chi connectivity index (χ0) is 29.9. The van der Waals surface area contributed by atoms with Gasteiger partial charge in [0.15, 0.2) is 0 Å². The second-order valence-corrected chi connectivity index (χ2v) is 11.3. The Bertz CT molecular complexity index is 1540. The van der Waals surface area contributed by atoms with Crippen LogP contribution in [-0.2, 0) is 9.53 Å². The first kappa shape index (κ1) is 28.9. The van der Waals surface area contributed by atoms with Crippen molar-refractivity contribution in [2.45, 2.75) is 64.2 Å². The number of piperidine rings is 1. The molecule has 1 fully saturated rings. The Morgan fingerprint density at radius 3 is 2.45 bits per heavy atom. The van der Waals surface area contributed by atoms with Crippen LogP contribution < -0.4 is 9.47 Å². The van der Waals surface area contributed by atoms with Crippen molar-refractivity contribution in [1.82, 2.24) is 14.9 Å². The second kappa shape index (κ2) is 12.1. The van der Waals surface area contributed by atoms with Crippen LogP contribution in [0.15, 0.2) is 65.3 Å². The molecular formula is C32H35N3O7. The maximum Gasteiger partial charge on any atom is 0.410 e. The number of aliphatic carboxylic acids is 1. The van der Waals surface area contributed by atoms with Crippen LogP contribution in [0.25, 0.3) is 33.6 Å². The van der Waals surface area contributed by atoms with E-state index in [1.807, 2.05) is 75.4 Å². The van der Waals surface area contributed by atoms with Crippen LogP contribution in [0.4, 0.5) is 4.79 Å². The Hall–Kier alpha value is -4.60. The SMILES string of the molecule is COc1ccc(-c2c(-c3ccccc3)oc3ncnc(O[C@@H]4CCN(C(=O)OC(C)(C)C)[C@H](CCC(=O)O)C4)c23)cc1. The Labute approximate surface area is 244 Å². The normalized spacial score (nSPS) is 17.2. The standard InChI is InChI=1S/C32H35N3O7/c1-32(2,3)42-31(38)35-17-16-24(18-22(35)12-15-25(36)37)40-29-27-26(20-10-13-23(39-4)14-11-20)28(21-8-6-5-7-9-21)41-30(27)34-19-33-29/h5-11,13-14,19,22,24H,12,15-18H2,1-4H3,(H,36,37)/t22-,24-/m1/s1. The minimum absolute atomic E-state index is 0.0712. The van der Waals surface area contributed by atoms with Crippen molar-refractivity contribution in [3.63, 3.8) is 0 Å². The van der Waals surface area contributed by atoms with Gasteiger partial charge in [-0.15, -0.1) is 0 Å². The van der Waals surface area contributed by atoms with Gasteiger partial charge in [0.1, 0.15) is 34.9 Å². The minimum Gasteiger partial charge on any atom is -0.497 e. The summed E-state index contributed by atoms with van der Waals surface area (Å²) in [5, 5.41) is 9.98. The molecule has 5 rings (SSSR count). The van der Waals surface area contributed by atoms with Crippen LogP contribution in [0.5, 0.6) is 11.6 Å². The summed E-state index contributed by atoms with van der Waals surface area (Å²) in [4.78, 5) is 34.9. The highest BCUT2D eigenvalue weighted by Gasteiger charge is 2.36. The molecule has 2 aromatic heterocycles. The van der Waals surface area contributed by atoms with Gasteiger partial charge < -0.3 is 28.6 Å². The van der Waals surface area contributed by atoms with E-state index in [0.717, 1.165) is 22.4 Å². The topological polar surface area (TPSA) is 124 Å². The third-order valence-corrected chi connectivity index (χ3v) is 7.13. The van der Waals surface area contributed by atoms with Gasteiger partial charge in [0.05, 0.1) is 7.11 Å².